The Morgan fingerprint density at radius 2 is 1.73 bits per heavy atom. The van der Waals surface area contributed by atoms with Gasteiger partial charge in [0, 0.05) is 81.5 Å². The van der Waals surface area contributed by atoms with Crippen molar-refractivity contribution in [1.82, 2.24) is 24.6 Å². The van der Waals surface area contributed by atoms with Gasteiger partial charge in [-0.2, -0.15) is 10.1 Å². The summed E-state index contributed by atoms with van der Waals surface area (Å²) in [5.41, 5.74) is 5.48. The van der Waals surface area contributed by atoms with Crippen molar-refractivity contribution in [2.45, 2.75) is 98.0 Å². The van der Waals surface area contributed by atoms with E-state index in [1.807, 2.05) is 49.4 Å². The molecule has 6 rings (SSSR count). The van der Waals surface area contributed by atoms with E-state index in [2.05, 4.69) is 47.9 Å². The number of unbranched alkanes of at least 4 members (excludes halogenated alkanes) is 1. The maximum atomic E-state index is 13.0. The summed E-state index contributed by atoms with van der Waals surface area (Å²) in [6, 6.07) is 12.5. The standard InChI is InChI=1S/C43H61N7O6/c1-8-9-12-39(51)48-20-18-47(19-21-48)36-23-34(24-37(26-36)50-31(3)22-30(2)45-50)35(25-40(52)54-7)28-46-17-15-32(27-46)29-55-38-14-13-33-11-10-16-49(41(33)44-38)42(53)56-43(4,5)6/h13-14,22-24,26,32,35H,8-12,15-21,25,27-29H2,1-7H3. The topological polar surface area (TPSA) is 123 Å². The van der Waals surface area contributed by atoms with Gasteiger partial charge < -0.3 is 28.9 Å². The predicted octanol–water partition coefficient (Wildman–Crippen LogP) is 6.46. The second kappa shape index (κ2) is 18.1. The van der Waals surface area contributed by atoms with Crippen LogP contribution in [0.25, 0.3) is 5.69 Å². The molecule has 0 saturated carbocycles. The lowest BCUT2D eigenvalue weighted by Gasteiger charge is -2.37. The van der Waals surface area contributed by atoms with E-state index in [9.17, 15) is 14.4 Å². The number of hydrogen-bond donors (Lipinski definition) is 0. The van der Waals surface area contributed by atoms with Crippen molar-refractivity contribution in [3.63, 3.8) is 0 Å². The second-order valence-corrected chi connectivity index (χ2v) is 16.7. The van der Waals surface area contributed by atoms with Crippen LogP contribution in [0, 0.1) is 19.8 Å². The number of rotatable bonds is 13. The lowest BCUT2D eigenvalue weighted by Crippen LogP contribution is -2.48. The Morgan fingerprint density at radius 3 is 2.43 bits per heavy atom. The molecular weight excluding hydrogens is 711 g/mol. The van der Waals surface area contributed by atoms with E-state index in [-0.39, 0.29) is 36.2 Å². The van der Waals surface area contributed by atoms with Gasteiger partial charge in [-0.05, 0) is 108 Å². The van der Waals surface area contributed by atoms with E-state index in [1.54, 1.807) is 4.90 Å². The number of amides is 2. The first-order chi connectivity index (χ1) is 26.8. The van der Waals surface area contributed by atoms with Crippen LogP contribution in [-0.4, -0.2) is 114 Å². The minimum absolute atomic E-state index is 0.115. The number of anilines is 2. The average molecular weight is 772 g/mol. The number of ether oxygens (including phenoxy) is 3. The minimum atomic E-state index is -0.595. The molecule has 3 aromatic rings. The normalized spacial score (nSPS) is 18.1. The molecule has 2 amide bonds. The third kappa shape index (κ3) is 10.4. The number of fused-ring (bicyclic) bond motifs is 1. The number of methoxy groups -OCH3 is 1. The SMILES string of the molecule is CCCCC(=O)N1CCN(c2cc(C(CC(=O)OC)CN3CCC(COc4ccc5c(n4)N(C(=O)OC(C)(C)C)CCC5)C3)cc(-n3nc(C)cc3C)c2)CC1. The van der Waals surface area contributed by atoms with Gasteiger partial charge in [0.05, 0.1) is 31.5 Å². The Labute approximate surface area is 332 Å². The Hall–Kier alpha value is -4.65. The number of aromatic nitrogens is 3. The largest absolute Gasteiger partial charge is 0.477 e. The van der Waals surface area contributed by atoms with Crippen molar-refractivity contribution in [3.05, 3.63) is 58.9 Å². The first kappa shape index (κ1) is 41.0. The molecule has 13 heteroatoms. The van der Waals surface area contributed by atoms with Crippen molar-refractivity contribution in [2.75, 3.05) is 75.9 Å². The Morgan fingerprint density at radius 1 is 0.964 bits per heavy atom. The number of carbonyl (C=O) groups is 3. The first-order valence-corrected chi connectivity index (χ1v) is 20.4. The Kier molecular flexibility index (Phi) is 13.2. The molecule has 5 heterocycles. The van der Waals surface area contributed by atoms with E-state index < -0.39 is 5.60 Å². The van der Waals surface area contributed by atoms with Gasteiger partial charge in [-0.3, -0.25) is 14.5 Å². The molecule has 2 atom stereocenters. The number of carbonyl (C=O) groups excluding carboxylic acids is 3. The number of nitrogens with zero attached hydrogens (tertiary/aromatic N) is 7. The molecule has 2 aromatic heterocycles. The molecule has 2 fully saturated rings. The van der Waals surface area contributed by atoms with Crippen LogP contribution in [0.1, 0.15) is 94.7 Å². The molecule has 0 spiro atoms. The van der Waals surface area contributed by atoms with Gasteiger partial charge in [-0.15, -0.1) is 0 Å². The van der Waals surface area contributed by atoms with Gasteiger partial charge in [0.1, 0.15) is 11.4 Å². The van der Waals surface area contributed by atoms with Crippen LogP contribution >= 0.6 is 0 Å². The summed E-state index contributed by atoms with van der Waals surface area (Å²) in [6.07, 6.45) is 5.06. The quantitative estimate of drug-likeness (QED) is 0.179. The van der Waals surface area contributed by atoms with E-state index in [0.29, 0.717) is 50.9 Å². The molecular formula is C43H61N7O6. The van der Waals surface area contributed by atoms with Crippen LogP contribution in [0.2, 0.25) is 0 Å². The van der Waals surface area contributed by atoms with Crippen LogP contribution in [0.4, 0.5) is 16.3 Å². The molecule has 0 bridgehead atoms. The molecule has 1 aromatic carbocycles. The van der Waals surface area contributed by atoms with Gasteiger partial charge in [-0.1, -0.05) is 13.3 Å². The number of piperazine rings is 1. The molecule has 2 unspecified atom stereocenters. The fraction of sp³-hybridized carbons (Fsp3) is 0.605. The zero-order chi connectivity index (χ0) is 40.0. The molecule has 0 aliphatic carbocycles. The van der Waals surface area contributed by atoms with Crippen molar-refractivity contribution in [3.8, 4) is 11.6 Å². The van der Waals surface area contributed by atoms with Crippen LogP contribution in [0.5, 0.6) is 5.88 Å². The third-order valence-electron chi connectivity index (χ3n) is 11.0. The smallest absolute Gasteiger partial charge is 0.416 e. The van der Waals surface area contributed by atoms with Gasteiger partial charge >= 0.3 is 12.1 Å². The number of hydrogen-bond acceptors (Lipinski definition) is 10. The molecule has 0 radical (unpaired) electrons. The predicted molar refractivity (Wildman–Crippen MR) is 217 cm³/mol. The zero-order valence-electron chi connectivity index (χ0n) is 34.5. The number of benzene rings is 1. The van der Waals surface area contributed by atoms with Crippen LogP contribution in [-0.2, 0) is 25.5 Å². The van der Waals surface area contributed by atoms with Gasteiger partial charge in [0.25, 0.3) is 0 Å². The van der Waals surface area contributed by atoms with E-state index >= 15 is 0 Å². The highest BCUT2D eigenvalue weighted by Gasteiger charge is 2.31. The van der Waals surface area contributed by atoms with Crippen molar-refractivity contribution in [2.24, 2.45) is 5.92 Å². The highest BCUT2D eigenvalue weighted by Crippen LogP contribution is 2.33. The number of pyridine rings is 1. The van der Waals surface area contributed by atoms with Crippen LogP contribution in [0.15, 0.2) is 36.4 Å². The highest BCUT2D eigenvalue weighted by molar-refractivity contribution is 5.88. The Bertz CT molecular complexity index is 1850. The Balaban J connectivity index is 1.16. The zero-order valence-corrected chi connectivity index (χ0v) is 34.5. The summed E-state index contributed by atoms with van der Waals surface area (Å²) >= 11 is 0. The summed E-state index contributed by atoms with van der Waals surface area (Å²) < 4.78 is 19.1. The number of aryl methyl sites for hydroxylation is 3. The molecule has 2 saturated heterocycles. The maximum Gasteiger partial charge on any atom is 0.416 e. The van der Waals surface area contributed by atoms with E-state index in [4.69, 9.17) is 24.3 Å². The number of esters is 1. The van der Waals surface area contributed by atoms with Gasteiger partial charge in [0.2, 0.25) is 11.8 Å². The molecule has 3 aliphatic rings. The summed E-state index contributed by atoms with van der Waals surface area (Å²) in [6.45, 7) is 18.1. The first-order valence-electron chi connectivity index (χ1n) is 20.4. The summed E-state index contributed by atoms with van der Waals surface area (Å²) in [5.74, 6) is 1.27. The molecule has 0 N–H and O–H groups in total. The molecule has 13 nitrogen and oxygen atoms in total. The monoisotopic (exact) mass is 771 g/mol. The van der Waals surface area contributed by atoms with Crippen LogP contribution < -0.4 is 14.5 Å². The molecule has 56 heavy (non-hydrogen) atoms. The van der Waals surface area contributed by atoms with Crippen molar-refractivity contribution < 1.29 is 28.6 Å². The minimum Gasteiger partial charge on any atom is -0.477 e. The third-order valence-corrected chi connectivity index (χ3v) is 11.0. The lowest BCUT2D eigenvalue weighted by molar-refractivity contribution is -0.141. The van der Waals surface area contributed by atoms with Gasteiger partial charge in [-0.25, -0.2) is 9.48 Å². The van der Waals surface area contributed by atoms with E-state index in [1.165, 1.54) is 7.11 Å². The maximum absolute atomic E-state index is 13.0. The van der Waals surface area contributed by atoms with Crippen molar-refractivity contribution >= 4 is 29.5 Å². The summed E-state index contributed by atoms with van der Waals surface area (Å²) in [5, 5.41) is 4.82. The highest BCUT2D eigenvalue weighted by atomic mass is 16.6. The van der Waals surface area contributed by atoms with Crippen LogP contribution in [0.3, 0.4) is 0 Å². The van der Waals surface area contributed by atoms with E-state index in [0.717, 1.165) is 92.2 Å². The molecule has 304 valence electrons. The summed E-state index contributed by atoms with van der Waals surface area (Å²) in [7, 11) is 1.45. The summed E-state index contributed by atoms with van der Waals surface area (Å²) in [4.78, 5) is 51.9. The lowest BCUT2D eigenvalue weighted by atomic mass is 9.93. The fourth-order valence-electron chi connectivity index (χ4n) is 8.05. The molecule has 3 aliphatic heterocycles. The fourth-order valence-corrected chi connectivity index (χ4v) is 8.05. The average Bonchev–Trinajstić information content (AvgIpc) is 3.78. The van der Waals surface area contributed by atoms with Crippen molar-refractivity contribution in [1.29, 1.82) is 0 Å². The van der Waals surface area contributed by atoms with Gasteiger partial charge in [0.15, 0.2) is 0 Å². The number of likely N-dealkylation sites (tertiary alicyclic amines) is 1. The second-order valence-electron chi connectivity index (χ2n) is 16.7.